The van der Waals surface area contributed by atoms with Crippen LogP contribution in [0.5, 0.6) is 0 Å². The van der Waals surface area contributed by atoms with Crippen LogP contribution >= 0.6 is 11.8 Å². The van der Waals surface area contributed by atoms with Crippen molar-refractivity contribution in [3.8, 4) is 0 Å². The van der Waals surface area contributed by atoms with Crippen LogP contribution < -0.4 is 0 Å². The van der Waals surface area contributed by atoms with Crippen molar-refractivity contribution in [2.45, 2.75) is 50.8 Å². The molecule has 4 nitrogen and oxygen atoms in total. The second-order valence-electron chi connectivity index (χ2n) is 6.16. The van der Waals surface area contributed by atoms with Crippen molar-refractivity contribution in [1.82, 2.24) is 14.9 Å². The fraction of sp³-hybridized carbons (Fsp3) is 0.588. The van der Waals surface area contributed by atoms with E-state index in [2.05, 4.69) is 48.9 Å². The van der Waals surface area contributed by atoms with Gasteiger partial charge >= 0.3 is 0 Å². The third kappa shape index (κ3) is 3.83. The monoisotopic (exact) mass is 319 g/mol. The first-order valence-corrected chi connectivity index (χ1v) is 9.12. The molecular formula is C17H25N3OS. The molecule has 0 spiro atoms. The molecule has 2 atom stereocenters. The van der Waals surface area contributed by atoms with Crippen LogP contribution in [0.1, 0.15) is 33.0 Å². The number of benzene rings is 1. The molecule has 22 heavy (non-hydrogen) atoms. The average molecular weight is 319 g/mol. The average Bonchev–Trinajstić information content (AvgIpc) is 2.85. The minimum Gasteiger partial charge on any atom is -0.373 e. The molecule has 0 aliphatic carbocycles. The number of aromatic nitrogens is 2. The van der Waals surface area contributed by atoms with E-state index in [9.17, 15) is 0 Å². The highest BCUT2D eigenvalue weighted by molar-refractivity contribution is 7.99. The summed E-state index contributed by atoms with van der Waals surface area (Å²) in [5.41, 5.74) is 2.20. The Balaban J connectivity index is 1.71. The predicted octanol–water partition coefficient (Wildman–Crippen LogP) is 3.67. The lowest BCUT2D eigenvalue weighted by Gasteiger charge is -2.34. The lowest BCUT2D eigenvalue weighted by Crippen LogP contribution is -2.44. The minimum atomic E-state index is 0.296. The van der Waals surface area contributed by atoms with E-state index in [1.54, 1.807) is 0 Å². The summed E-state index contributed by atoms with van der Waals surface area (Å²) < 4.78 is 5.79. The minimum absolute atomic E-state index is 0.296. The van der Waals surface area contributed by atoms with E-state index in [1.807, 2.05) is 11.8 Å². The number of nitrogens with one attached hydrogen (secondary N) is 1. The number of imidazole rings is 1. The first-order valence-electron chi connectivity index (χ1n) is 8.13. The van der Waals surface area contributed by atoms with Crippen LogP contribution in [0.4, 0.5) is 0 Å². The summed E-state index contributed by atoms with van der Waals surface area (Å²) in [5, 5.41) is 0. The number of rotatable bonds is 5. The molecule has 1 N–H and O–H groups in total. The quantitative estimate of drug-likeness (QED) is 0.854. The third-order valence-corrected chi connectivity index (χ3v) is 5.04. The highest BCUT2D eigenvalue weighted by atomic mass is 32.2. The van der Waals surface area contributed by atoms with Crippen LogP contribution in [0.25, 0.3) is 11.0 Å². The number of morpholine rings is 1. The molecule has 5 heteroatoms. The third-order valence-electron chi connectivity index (χ3n) is 3.84. The van der Waals surface area contributed by atoms with Gasteiger partial charge in [0.05, 0.1) is 29.8 Å². The van der Waals surface area contributed by atoms with E-state index in [0.29, 0.717) is 12.2 Å². The number of thioether (sulfide) groups is 1. The summed E-state index contributed by atoms with van der Waals surface area (Å²) in [6, 6.07) is 6.51. The Morgan fingerprint density at radius 2 is 2.09 bits per heavy atom. The second kappa shape index (κ2) is 7.02. The van der Waals surface area contributed by atoms with Gasteiger partial charge in [-0.2, -0.15) is 0 Å². The highest BCUT2D eigenvalue weighted by Crippen LogP contribution is 2.23. The van der Waals surface area contributed by atoms with Gasteiger partial charge in [-0.05, 0) is 44.2 Å². The highest BCUT2D eigenvalue weighted by Gasteiger charge is 2.22. The zero-order chi connectivity index (χ0) is 15.5. The molecule has 1 aromatic heterocycles. The smallest absolute Gasteiger partial charge is 0.121 e. The van der Waals surface area contributed by atoms with Gasteiger partial charge in [-0.25, -0.2) is 4.98 Å². The Labute approximate surface area is 136 Å². The number of hydrogen-bond donors (Lipinski definition) is 1. The molecule has 1 fully saturated rings. The van der Waals surface area contributed by atoms with E-state index in [0.717, 1.165) is 42.2 Å². The van der Waals surface area contributed by atoms with Gasteiger partial charge in [0.1, 0.15) is 5.82 Å². The summed E-state index contributed by atoms with van der Waals surface area (Å²) >= 11 is 1.91. The number of hydrogen-bond acceptors (Lipinski definition) is 4. The molecule has 120 valence electrons. The van der Waals surface area contributed by atoms with Gasteiger partial charge in [-0.3, -0.25) is 4.90 Å². The Kier molecular flexibility index (Phi) is 5.06. The standard InChI is InChI=1S/C17H25N3OS/c1-4-7-22-14-5-6-15-16(8-14)19-17(18-15)11-20-9-12(2)21-13(3)10-20/h5-6,8,12-13H,4,7,9-11H2,1-3H3,(H,18,19). The van der Waals surface area contributed by atoms with Crippen LogP contribution in [0.3, 0.4) is 0 Å². The van der Waals surface area contributed by atoms with Crippen LogP contribution in [0.15, 0.2) is 23.1 Å². The summed E-state index contributed by atoms with van der Waals surface area (Å²) in [5.74, 6) is 2.21. The Morgan fingerprint density at radius 1 is 1.32 bits per heavy atom. The molecule has 0 saturated carbocycles. The van der Waals surface area contributed by atoms with Gasteiger partial charge in [0.15, 0.2) is 0 Å². The van der Waals surface area contributed by atoms with Crippen LogP contribution in [0.2, 0.25) is 0 Å². The van der Waals surface area contributed by atoms with Crippen molar-refractivity contribution < 1.29 is 4.74 Å². The van der Waals surface area contributed by atoms with Crippen molar-refractivity contribution in [2.75, 3.05) is 18.8 Å². The van der Waals surface area contributed by atoms with E-state index >= 15 is 0 Å². The summed E-state index contributed by atoms with van der Waals surface area (Å²) in [7, 11) is 0. The molecule has 2 unspecified atom stereocenters. The predicted molar refractivity (Wildman–Crippen MR) is 92.4 cm³/mol. The number of nitrogens with zero attached hydrogens (tertiary/aromatic N) is 2. The van der Waals surface area contributed by atoms with Crippen molar-refractivity contribution in [3.63, 3.8) is 0 Å². The molecule has 2 aromatic rings. The summed E-state index contributed by atoms with van der Waals surface area (Å²) in [6.45, 7) is 9.29. The largest absolute Gasteiger partial charge is 0.373 e. The fourth-order valence-electron chi connectivity index (χ4n) is 3.05. The maximum absolute atomic E-state index is 5.79. The normalized spacial score (nSPS) is 23.2. The zero-order valence-electron chi connectivity index (χ0n) is 13.6. The van der Waals surface area contributed by atoms with Crippen LogP contribution in [-0.4, -0.2) is 45.9 Å². The Bertz CT molecular complexity index is 617. The molecule has 0 amide bonds. The summed E-state index contributed by atoms with van der Waals surface area (Å²) in [6.07, 6.45) is 1.79. The van der Waals surface area contributed by atoms with Gasteiger partial charge in [-0.1, -0.05) is 6.92 Å². The van der Waals surface area contributed by atoms with Crippen LogP contribution in [0, 0.1) is 0 Å². The molecule has 1 aromatic carbocycles. The zero-order valence-corrected chi connectivity index (χ0v) is 14.4. The van der Waals surface area contributed by atoms with Gasteiger partial charge in [0, 0.05) is 18.0 Å². The lowest BCUT2D eigenvalue weighted by molar-refractivity contribution is -0.0710. The fourth-order valence-corrected chi connectivity index (χ4v) is 3.86. The van der Waals surface area contributed by atoms with Gasteiger partial charge in [0.25, 0.3) is 0 Å². The molecule has 0 bridgehead atoms. The second-order valence-corrected chi connectivity index (χ2v) is 7.33. The van der Waals surface area contributed by atoms with Gasteiger partial charge in [-0.15, -0.1) is 11.8 Å². The first-order chi connectivity index (χ1) is 10.6. The van der Waals surface area contributed by atoms with Crippen molar-refractivity contribution in [1.29, 1.82) is 0 Å². The van der Waals surface area contributed by atoms with Gasteiger partial charge in [0.2, 0.25) is 0 Å². The molecule has 3 rings (SSSR count). The molecule has 1 saturated heterocycles. The topological polar surface area (TPSA) is 41.2 Å². The Morgan fingerprint density at radius 3 is 2.82 bits per heavy atom. The van der Waals surface area contributed by atoms with Gasteiger partial charge < -0.3 is 9.72 Å². The van der Waals surface area contributed by atoms with Crippen molar-refractivity contribution in [2.24, 2.45) is 0 Å². The van der Waals surface area contributed by atoms with E-state index in [4.69, 9.17) is 9.72 Å². The summed E-state index contributed by atoms with van der Waals surface area (Å²) in [4.78, 5) is 12.0. The maximum Gasteiger partial charge on any atom is 0.121 e. The molecule has 1 aliphatic heterocycles. The van der Waals surface area contributed by atoms with E-state index in [-0.39, 0.29) is 0 Å². The number of H-pyrrole nitrogens is 1. The SMILES string of the molecule is CCCSc1ccc2nc(CN3CC(C)OC(C)C3)[nH]c2c1. The molecular weight excluding hydrogens is 294 g/mol. The molecule has 2 heterocycles. The van der Waals surface area contributed by atoms with Crippen molar-refractivity contribution in [3.05, 3.63) is 24.0 Å². The maximum atomic E-state index is 5.79. The Hall–Kier alpha value is -1.04. The number of fused-ring (bicyclic) bond motifs is 1. The van der Waals surface area contributed by atoms with Crippen molar-refractivity contribution >= 4 is 22.8 Å². The molecule has 1 aliphatic rings. The van der Waals surface area contributed by atoms with Crippen LogP contribution in [-0.2, 0) is 11.3 Å². The van der Waals surface area contributed by atoms with E-state index < -0.39 is 0 Å². The lowest BCUT2D eigenvalue weighted by atomic mass is 10.2. The first kappa shape index (κ1) is 15.8. The van der Waals surface area contributed by atoms with E-state index in [1.165, 1.54) is 11.3 Å². The number of ether oxygens (including phenoxy) is 1. The molecule has 0 radical (unpaired) electrons. The number of aromatic amines is 1.